The van der Waals surface area contributed by atoms with Crippen LogP contribution in [0.3, 0.4) is 0 Å². The van der Waals surface area contributed by atoms with E-state index in [1.165, 1.54) is 0 Å². The highest BCUT2D eigenvalue weighted by molar-refractivity contribution is 9.10. The minimum absolute atomic E-state index is 0.149. The first-order valence-corrected chi connectivity index (χ1v) is 8.36. The lowest BCUT2D eigenvalue weighted by atomic mass is 9.94. The number of nitrogens with one attached hydrogen (secondary N) is 1. The van der Waals surface area contributed by atoms with Gasteiger partial charge in [-0.15, -0.1) is 0 Å². The summed E-state index contributed by atoms with van der Waals surface area (Å²) in [6.07, 6.45) is 0. The zero-order valence-corrected chi connectivity index (χ0v) is 15.3. The molecule has 0 spiro atoms. The van der Waals surface area contributed by atoms with E-state index in [9.17, 15) is 5.11 Å². The summed E-state index contributed by atoms with van der Waals surface area (Å²) < 4.78 is 6.90. The lowest BCUT2D eigenvalue weighted by Gasteiger charge is -2.28. The quantitative estimate of drug-likeness (QED) is 0.739. The Labute approximate surface area is 137 Å². The summed E-state index contributed by atoms with van der Waals surface area (Å²) in [5.74, 6) is 1.59. The molecule has 0 radical (unpaired) electrons. The van der Waals surface area contributed by atoms with Crippen molar-refractivity contribution in [2.75, 3.05) is 13.2 Å². The van der Waals surface area contributed by atoms with Crippen molar-refractivity contribution >= 4 is 15.9 Å². The van der Waals surface area contributed by atoms with Gasteiger partial charge in [-0.25, -0.2) is 0 Å². The van der Waals surface area contributed by atoms with Crippen LogP contribution in [0, 0.1) is 11.8 Å². The van der Waals surface area contributed by atoms with Crippen LogP contribution in [0.25, 0.3) is 0 Å². The molecule has 21 heavy (non-hydrogen) atoms. The first-order valence-electron chi connectivity index (χ1n) is 7.56. The Bertz CT molecular complexity index is 444. The third-order valence-corrected chi connectivity index (χ3v) is 4.15. The standard InChI is InChI=1S/C17H28BrNO2/c1-12(2)9-19-10-14-8-15(18)6-7-16(14)21-11-17(5,20)13(3)4/h6-8,12-13,19-20H,9-11H2,1-5H3. The molecule has 0 saturated carbocycles. The van der Waals surface area contributed by atoms with Crippen LogP contribution < -0.4 is 10.1 Å². The van der Waals surface area contributed by atoms with Gasteiger partial charge in [-0.05, 0) is 43.5 Å². The summed E-state index contributed by atoms with van der Waals surface area (Å²) in [6.45, 7) is 12.2. The molecular formula is C17H28BrNO2. The first kappa shape index (κ1) is 18.5. The molecule has 0 aliphatic heterocycles. The van der Waals surface area contributed by atoms with Crippen molar-refractivity contribution in [3.63, 3.8) is 0 Å². The predicted octanol–water partition coefficient (Wildman–Crippen LogP) is 3.98. The summed E-state index contributed by atoms with van der Waals surface area (Å²) in [4.78, 5) is 0. The van der Waals surface area contributed by atoms with Gasteiger partial charge in [0.05, 0.1) is 5.60 Å². The topological polar surface area (TPSA) is 41.5 Å². The van der Waals surface area contributed by atoms with Gasteiger partial charge < -0.3 is 15.2 Å². The molecule has 4 heteroatoms. The summed E-state index contributed by atoms with van der Waals surface area (Å²) in [6, 6.07) is 5.98. The molecule has 0 aliphatic rings. The molecule has 0 bridgehead atoms. The highest BCUT2D eigenvalue weighted by atomic mass is 79.9. The molecule has 0 fully saturated rings. The van der Waals surface area contributed by atoms with Crippen molar-refractivity contribution < 1.29 is 9.84 Å². The Morgan fingerprint density at radius 3 is 2.52 bits per heavy atom. The largest absolute Gasteiger partial charge is 0.490 e. The van der Waals surface area contributed by atoms with E-state index in [2.05, 4.69) is 41.2 Å². The van der Waals surface area contributed by atoms with Crippen molar-refractivity contribution in [1.82, 2.24) is 5.32 Å². The van der Waals surface area contributed by atoms with E-state index in [0.29, 0.717) is 12.5 Å². The number of ether oxygens (including phenoxy) is 1. The highest BCUT2D eigenvalue weighted by Gasteiger charge is 2.26. The molecule has 1 rings (SSSR count). The number of halogens is 1. The predicted molar refractivity (Wildman–Crippen MR) is 91.6 cm³/mol. The molecule has 0 saturated heterocycles. The fraction of sp³-hybridized carbons (Fsp3) is 0.647. The van der Waals surface area contributed by atoms with E-state index in [0.717, 1.165) is 28.9 Å². The van der Waals surface area contributed by atoms with E-state index < -0.39 is 5.60 Å². The van der Waals surface area contributed by atoms with Crippen LogP contribution in [0.1, 0.15) is 40.2 Å². The average Bonchev–Trinajstić information content (AvgIpc) is 2.37. The van der Waals surface area contributed by atoms with Crippen LogP contribution in [0.4, 0.5) is 0 Å². The number of rotatable bonds is 8. The lowest BCUT2D eigenvalue weighted by molar-refractivity contribution is -0.0268. The lowest BCUT2D eigenvalue weighted by Crippen LogP contribution is -2.38. The summed E-state index contributed by atoms with van der Waals surface area (Å²) in [5, 5.41) is 13.7. The molecule has 120 valence electrons. The average molecular weight is 358 g/mol. The van der Waals surface area contributed by atoms with Gasteiger partial charge in [0.15, 0.2) is 0 Å². The molecular weight excluding hydrogens is 330 g/mol. The van der Waals surface area contributed by atoms with E-state index in [1.807, 2.05) is 32.9 Å². The maximum Gasteiger partial charge on any atom is 0.124 e. The molecule has 0 amide bonds. The number of hydrogen-bond acceptors (Lipinski definition) is 3. The normalized spacial score (nSPS) is 14.5. The van der Waals surface area contributed by atoms with E-state index >= 15 is 0 Å². The first-order chi connectivity index (χ1) is 9.72. The third-order valence-electron chi connectivity index (χ3n) is 3.65. The molecule has 3 nitrogen and oxygen atoms in total. The van der Waals surface area contributed by atoms with Gasteiger partial charge in [0.1, 0.15) is 12.4 Å². The van der Waals surface area contributed by atoms with Gasteiger partial charge in [0.2, 0.25) is 0 Å². The minimum Gasteiger partial charge on any atom is -0.490 e. The smallest absolute Gasteiger partial charge is 0.124 e. The molecule has 0 heterocycles. The molecule has 1 unspecified atom stereocenters. The fourth-order valence-corrected chi connectivity index (χ4v) is 2.12. The van der Waals surface area contributed by atoms with Gasteiger partial charge in [-0.1, -0.05) is 43.6 Å². The molecule has 2 N–H and O–H groups in total. The molecule has 1 aromatic carbocycles. The maximum absolute atomic E-state index is 10.3. The van der Waals surface area contributed by atoms with Crippen LogP contribution in [-0.2, 0) is 6.54 Å². The van der Waals surface area contributed by atoms with Crippen molar-refractivity contribution in [3.8, 4) is 5.75 Å². The number of benzene rings is 1. The van der Waals surface area contributed by atoms with Gasteiger partial charge in [0.25, 0.3) is 0 Å². The van der Waals surface area contributed by atoms with E-state index in [4.69, 9.17) is 4.74 Å². The second-order valence-corrected chi connectivity index (χ2v) is 7.49. The Hall–Kier alpha value is -0.580. The second kappa shape index (κ2) is 8.16. The zero-order chi connectivity index (χ0) is 16.0. The van der Waals surface area contributed by atoms with E-state index in [1.54, 1.807) is 0 Å². The van der Waals surface area contributed by atoms with Crippen molar-refractivity contribution in [3.05, 3.63) is 28.2 Å². The fourth-order valence-electron chi connectivity index (χ4n) is 1.71. The van der Waals surface area contributed by atoms with Crippen LogP contribution >= 0.6 is 15.9 Å². The van der Waals surface area contributed by atoms with Gasteiger partial charge in [-0.3, -0.25) is 0 Å². The Balaban J connectivity index is 2.72. The zero-order valence-electron chi connectivity index (χ0n) is 13.7. The minimum atomic E-state index is -0.824. The molecule has 0 aliphatic carbocycles. The van der Waals surface area contributed by atoms with Gasteiger partial charge >= 0.3 is 0 Å². The van der Waals surface area contributed by atoms with Crippen LogP contribution in [0.15, 0.2) is 22.7 Å². The number of aliphatic hydroxyl groups is 1. The highest BCUT2D eigenvalue weighted by Crippen LogP contribution is 2.25. The molecule has 0 aromatic heterocycles. The van der Waals surface area contributed by atoms with Crippen LogP contribution in [-0.4, -0.2) is 23.9 Å². The Morgan fingerprint density at radius 2 is 1.95 bits per heavy atom. The van der Waals surface area contributed by atoms with Gasteiger partial charge in [0, 0.05) is 16.6 Å². The Kier molecular flexibility index (Phi) is 7.17. The number of hydrogen-bond donors (Lipinski definition) is 2. The van der Waals surface area contributed by atoms with Crippen molar-refractivity contribution in [2.45, 2.75) is 46.8 Å². The van der Waals surface area contributed by atoms with Crippen LogP contribution in [0.2, 0.25) is 0 Å². The SMILES string of the molecule is CC(C)CNCc1cc(Br)ccc1OCC(C)(O)C(C)C. The maximum atomic E-state index is 10.3. The third kappa shape index (κ3) is 6.37. The van der Waals surface area contributed by atoms with E-state index in [-0.39, 0.29) is 5.92 Å². The summed E-state index contributed by atoms with van der Waals surface area (Å²) >= 11 is 3.50. The van der Waals surface area contributed by atoms with Crippen molar-refractivity contribution in [1.29, 1.82) is 0 Å². The van der Waals surface area contributed by atoms with Crippen LogP contribution in [0.5, 0.6) is 5.75 Å². The monoisotopic (exact) mass is 357 g/mol. The van der Waals surface area contributed by atoms with Gasteiger partial charge in [-0.2, -0.15) is 0 Å². The van der Waals surface area contributed by atoms with Crippen molar-refractivity contribution in [2.24, 2.45) is 11.8 Å². The molecule has 1 atom stereocenters. The summed E-state index contributed by atoms with van der Waals surface area (Å²) in [5.41, 5.74) is 0.278. The second-order valence-electron chi connectivity index (χ2n) is 6.58. The summed E-state index contributed by atoms with van der Waals surface area (Å²) in [7, 11) is 0. The Morgan fingerprint density at radius 1 is 1.29 bits per heavy atom. The molecule has 1 aromatic rings.